The summed E-state index contributed by atoms with van der Waals surface area (Å²) < 4.78 is 1.67. The van der Waals surface area contributed by atoms with Gasteiger partial charge in [0.25, 0.3) is 5.91 Å². The third-order valence-electron chi connectivity index (χ3n) is 4.32. The fourth-order valence-corrected chi connectivity index (χ4v) is 2.91. The number of hydrogen-bond acceptors (Lipinski definition) is 4. The second-order valence-corrected chi connectivity index (χ2v) is 6.10. The number of benzene rings is 2. The molecule has 0 radical (unpaired) electrons. The van der Waals surface area contributed by atoms with Gasteiger partial charge in [-0.3, -0.25) is 14.6 Å². The molecule has 4 rings (SSSR count). The number of hydrogen-bond donors (Lipinski definition) is 1. The highest BCUT2D eigenvalue weighted by molar-refractivity contribution is 6.12. The van der Waals surface area contributed by atoms with E-state index in [4.69, 9.17) is 0 Å². The number of nitrogens with zero attached hydrogens (tertiary/aromatic N) is 3. The predicted octanol–water partition coefficient (Wildman–Crippen LogP) is 3.45. The number of ketones is 1. The topological polar surface area (TPSA) is 76.9 Å². The first-order chi connectivity index (χ1) is 13.1. The van der Waals surface area contributed by atoms with Crippen LogP contribution in [-0.4, -0.2) is 26.2 Å². The smallest absolute Gasteiger partial charge is 0.256 e. The maximum Gasteiger partial charge on any atom is 0.256 e. The zero-order chi connectivity index (χ0) is 18.8. The summed E-state index contributed by atoms with van der Waals surface area (Å²) in [6.07, 6.45) is 4.92. The standard InChI is InChI=1S/C21H16N4O2/c1-25-13-12-23-20(25)19(26)14-6-8-15(9-7-14)24-21(27)17-10-11-22-18-5-3-2-4-16(17)18/h2-13H,1H3,(H,24,27). The summed E-state index contributed by atoms with van der Waals surface area (Å²) in [6, 6.07) is 15.9. The van der Waals surface area contributed by atoms with Crippen molar-refractivity contribution in [2.24, 2.45) is 7.05 Å². The lowest BCUT2D eigenvalue weighted by Gasteiger charge is -2.08. The van der Waals surface area contributed by atoms with Crippen molar-refractivity contribution < 1.29 is 9.59 Å². The van der Waals surface area contributed by atoms with Crippen molar-refractivity contribution in [3.05, 3.63) is 90.1 Å². The van der Waals surface area contributed by atoms with E-state index in [1.165, 1.54) is 0 Å². The molecule has 0 fully saturated rings. The minimum atomic E-state index is -0.225. The molecule has 0 bridgehead atoms. The monoisotopic (exact) mass is 356 g/mol. The fourth-order valence-electron chi connectivity index (χ4n) is 2.91. The van der Waals surface area contributed by atoms with Gasteiger partial charge in [0.15, 0.2) is 5.82 Å². The van der Waals surface area contributed by atoms with E-state index in [0.717, 1.165) is 10.9 Å². The van der Waals surface area contributed by atoms with Gasteiger partial charge in [0, 0.05) is 42.3 Å². The SMILES string of the molecule is Cn1ccnc1C(=O)c1ccc(NC(=O)c2ccnc3ccccc23)cc1. The van der Waals surface area contributed by atoms with Crippen molar-refractivity contribution in [2.45, 2.75) is 0 Å². The number of nitrogens with one attached hydrogen (secondary N) is 1. The summed E-state index contributed by atoms with van der Waals surface area (Å²) in [5.74, 6) is -0.0210. The van der Waals surface area contributed by atoms with Crippen LogP contribution in [0.15, 0.2) is 73.2 Å². The van der Waals surface area contributed by atoms with Crippen LogP contribution in [0.1, 0.15) is 26.5 Å². The van der Waals surface area contributed by atoms with E-state index in [0.29, 0.717) is 22.6 Å². The van der Waals surface area contributed by atoms with Crippen LogP contribution in [0.25, 0.3) is 10.9 Å². The number of rotatable bonds is 4. The van der Waals surface area contributed by atoms with Gasteiger partial charge in [-0.15, -0.1) is 0 Å². The van der Waals surface area contributed by atoms with E-state index < -0.39 is 0 Å². The van der Waals surface area contributed by atoms with Gasteiger partial charge in [0.05, 0.1) is 11.1 Å². The molecule has 2 heterocycles. The number of aryl methyl sites for hydroxylation is 1. The minimum Gasteiger partial charge on any atom is -0.331 e. The summed E-state index contributed by atoms with van der Waals surface area (Å²) in [5, 5.41) is 3.65. The fraction of sp³-hybridized carbons (Fsp3) is 0.0476. The Morgan fingerprint density at radius 2 is 1.70 bits per heavy atom. The lowest BCUT2D eigenvalue weighted by Crippen LogP contribution is -2.13. The Bertz CT molecular complexity index is 1140. The van der Waals surface area contributed by atoms with Gasteiger partial charge in [0.1, 0.15) is 0 Å². The number of aromatic nitrogens is 3. The van der Waals surface area contributed by atoms with Crippen molar-refractivity contribution in [1.82, 2.24) is 14.5 Å². The van der Waals surface area contributed by atoms with Crippen LogP contribution in [0.5, 0.6) is 0 Å². The van der Waals surface area contributed by atoms with E-state index in [1.807, 2.05) is 24.3 Å². The molecule has 0 unspecified atom stereocenters. The van der Waals surface area contributed by atoms with Gasteiger partial charge >= 0.3 is 0 Å². The van der Waals surface area contributed by atoms with Gasteiger partial charge in [-0.2, -0.15) is 0 Å². The highest BCUT2D eigenvalue weighted by Gasteiger charge is 2.14. The van der Waals surface area contributed by atoms with Gasteiger partial charge in [0.2, 0.25) is 5.78 Å². The van der Waals surface area contributed by atoms with Crippen molar-refractivity contribution in [3.63, 3.8) is 0 Å². The third-order valence-corrected chi connectivity index (χ3v) is 4.32. The first kappa shape index (κ1) is 16.7. The molecule has 0 saturated carbocycles. The highest BCUT2D eigenvalue weighted by atomic mass is 16.1. The molecular formula is C21H16N4O2. The minimum absolute atomic E-state index is 0.166. The molecule has 6 nitrogen and oxygen atoms in total. The van der Waals surface area contributed by atoms with Gasteiger partial charge < -0.3 is 9.88 Å². The van der Waals surface area contributed by atoms with Crippen LogP contribution in [-0.2, 0) is 7.05 Å². The third kappa shape index (κ3) is 3.20. The number of imidazole rings is 1. The summed E-state index contributed by atoms with van der Waals surface area (Å²) in [5.41, 5.74) is 2.43. The Balaban J connectivity index is 1.55. The normalized spacial score (nSPS) is 10.7. The quantitative estimate of drug-likeness (QED) is 0.568. The van der Waals surface area contributed by atoms with Crippen LogP contribution in [0, 0.1) is 0 Å². The van der Waals surface area contributed by atoms with Gasteiger partial charge in [-0.1, -0.05) is 18.2 Å². The number of amides is 1. The zero-order valence-corrected chi connectivity index (χ0v) is 14.6. The maximum atomic E-state index is 12.7. The molecule has 0 atom stereocenters. The lowest BCUT2D eigenvalue weighted by atomic mass is 10.1. The molecule has 2 aromatic carbocycles. The average molecular weight is 356 g/mol. The average Bonchev–Trinajstić information content (AvgIpc) is 3.13. The molecule has 0 saturated heterocycles. The van der Waals surface area contributed by atoms with Gasteiger partial charge in [-0.25, -0.2) is 4.98 Å². The largest absolute Gasteiger partial charge is 0.331 e. The molecule has 6 heteroatoms. The van der Waals surface area contributed by atoms with E-state index in [2.05, 4.69) is 15.3 Å². The summed E-state index contributed by atoms with van der Waals surface area (Å²) in [7, 11) is 1.77. The van der Waals surface area contributed by atoms with Crippen molar-refractivity contribution in [1.29, 1.82) is 0 Å². The summed E-state index contributed by atoms with van der Waals surface area (Å²) in [4.78, 5) is 33.4. The number of anilines is 1. The second kappa shape index (κ2) is 6.84. The van der Waals surface area contributed by atoms with Crippen LogP contribution >= 0.6 is 0 Å². The maximum absolute atomic E-state index is 12.7. The highest BCUT2D eigenvalue weighted by Crippen LogP contribution is 2.19. The van der Waals surface area contributed by atoms with Crippen molar-refractivity contribution >= 4 is 28.3 Å². The lowest BCUT2D eigenvalue weighted by molar-refractivity contribution is 0.102. The predicted molar refractivity (Wildman–Crippen MR) is 103 cm³/mol. The number of carbonyl (C=O) groups excluding carboxylic acids is 2. The molecule has 0 aliphatic carbocycles. The molecule has 1 N–H and O–H groups in total. The zero-order valence-electron chi connectivity index (χ0n) is 14.6. The molecule has 27 heavy (non-hydrogen) atoms. The molecule has 1 amide bonds. The van der Waals surface area contributed by atoms with Crippen LogP contribution in [0.3, 0.4) is 0 Å². The van der Waals surface area contributed by atoms with Crippen molar-refractivity contribution in [2.75, 3.05) is 5.32 Å². The Kier molecular flexibility index (Phi) is 4.22. The van der Waals surface area contributed by atoms with Crippen LogP contribution in [0.2, 0.25) is 0 Å². The molecule has 0 aliphatic rings. The number of para-hydroxylation sites is 1. The number of carbonyl (C=O) groups is 2. The van der Waals surface area contributed by atoms with Crippen molar-refractivity contribution in [3.8, 4) is 0 Å². The molecule has 4 aromatic rings. The van der Waals surface area contributed by atoms with E-state index in [-0.39, 0.29) is 11.7 Å². The second-order valence-electron chi connectivity index (χ2n) is 6.10. The van der Waals surface area contributed by atoms with E-state index >= 15 is 0 Å². The molecule has 132 valence electrons. The van der Waals surface area contributed by atoms with E-state index in [9.17, 15) is 9.59 Å². The summed E-state index contributed by atoms with van der Waals surface area (Å²) >= 11 is 0. The number of fused-ring (bicyclic) bond motifs is 1. The Hall–Kier alpha value is -3.80. The molecule has 0 aliphatic heterocycles. The molecule has 0 spiro atoms. The number of pyridine rings is 1. The first-order valence-corrected chi connectivity index (χ1v) is 8.40. The Morgan fingerprint density at radius 3 is 2.44 bits per heavy atom. The first-order valence-electron chi connectivity index (χ1n) is 8.40. The van der Waals surface area contributed by atoms with E-state index in [1.54, 1.807) is 60.5 Å². The summed E-state index contributed by atoms with van der Waals surface area (Å²) in [6.45, 7) is 0. The van der Waals surface area contributed by atoms with Crippen LogP contribution < -0.4 is 5.32 Å². The molecule has 2 aromatic heterocycles. The Labute approximate surface area is 155 Å². The van der Waals surface area contributed by atoms with Crippen LogP contribution in [0.4, 0.5) is 5.69 Å². The molecular weight excluding hydrogens is 340 g/mol. The van der Waals surface area contributed by atoms with Gasteiger partial charge in [-0.05, 0) is 36.4 Å². The Morgan fingerprint density at radius 1 is 0.926 bits per heavy atom.